The first kappa shape index (κ1) is 33.0. The molecular weight excluding hydrogens is 563 g/mol. The number of imidazole rings is 1. The number of carbonyl (C=O) groups is 2. The lowest BCUT2D eigenvalue weighted by atomic mass is 9.79. The molecule has 3 aromatic rings. The van der Waals surface area contributed by atoms with Gasteiger partial charge in [0.15, 0.2) is 0 Å². The zero-order valence-corrected chi connectivity index (χ0v) is 23.9. The summed E-state index contributed by atoms with van der Waals surface area (Å²) < 4.78 is 64.0. The largest absolute Gasteiger partial charge is 0.411 e. The highest BCUT2D eigenvalue weighted by molar-refractivity contribution is 5.92. The third-order valence-corrected chi connectivity index (χ3v) is 6.20. The smallest absolute Gasteiger partial charge is 0.375 e. The van der Waals surface area contributed by atoms with Gasteiger partial charge in [-0.05, 0) is 43.5 Å². The van der Waals surface area contributed by atoms with Crippen LogP contribution in [-0.4, -0.2) is 57.4 Å². The van der Waals surface area contributed by atoms with Crippen LogP contribution < -0.4 is 10.6 Å². The van der Waals surface area contributed by atoms with Crippen molar-refractivity contribution in [1.29, 1.82) is 0 Å². The summed E-state index contributed by atoms with van der Waals surface area (Å²) in [6.07, 6.45) is 1.63. The summed E-state index contributed by atoms with van der Waals surface area (Å²) in [4.78, 5) is 32.1. The molecule has 2 aliphatic carbocycles. The van der Waals surface area contributed by atoms with Crippen LogP contribution in [0.2, 0.25) is 0 Å². The Bertz CT molecular complexity index is 1310. The van der Waals surface area contributed by atoms with Crippen LogP contribution in [0.5, 0.6) is 0 Å². The van der Waals surface area contributed by atoms with Crippen molar-refractivity contribution in [1.82, 2.24) is 30.4 Å². The highest BCUT2D eigenvalue weighted by Crippen LogP contribution is 2.43. The van der Waals surface area contributed by atoms with Gasteiger partial charge in [0.2, 0.25) is 11.8 Å². The molecule has 2 aromatic heterocycles. The molecular formula is C28H37F5N6O3. The molecule has 0 bridgehead atoms. The van der Waals surface area contributed by atoms with E-state index in [1.807, 2.05) is 32.0 Å². The second-order valence-corrected chi connectivity index (χ2v) is 10.7. The monoisotopic (exact) mass is 600 g/mol. The summed E-state index contributed by atoms with van der Waals surface area (Å²) in [5, 5.41) is 9.79. The van der Waals surface area contributed by atoms with Gasteiger partial charge < -0.3 is 20.4 Å². The molecule has 2 fully saturated rings. The first-order valence-electron chi connectivity index (χ1n) is 13.8. The predicted molar refractivity (Wildman–Crippen MR) is 146 cm³/mol. The summed E-state index contributed by atoms with van der Waals surface area (Å²) in [7, 11) is 1.01. The van der Waals surface area contributed by atoms with Gasteiger partial charge >= 0.3 is 6.18 Å². The van der Waals surface area contributed by atoms with Crippen molar-refractivity contribution < 1.29 is 36.3 Å². The second kappa shape index (κ2) is 14.6. The van der Waals surface area contributed by atoms with E-state index in [0.717, 1.165) is 23.7 Å². The lowest BCUT2D eigenvalue weighted by molar-refractivity contribution is -0.167. The molecule has 2 amide bonds. The fourth-order valence-corrected chi connectivity index (χ4v) is 4.09. The molecule has 1 aromatic carbocycles. The number of ether oxygens (including phenoxy) is 1. The van der Waals surface area contributed by atoms with Crippen molar-refractivity contribution in [2.75, 3.05) is 13.7 Å². The number of methoxy groups -OCH3 is 1. The van der Waals surface area contributed by atoms with Gasteiger partial charge in [0.1, 0.15) is 18.1 Å². The molecule has 0 aliphatic heterocycles. The first-order chi connectivity index (χ1) is 19.8. The van der Waals surface area contributed by atoms with Crippen LogP contribution in [0.25, 0.3) is 11.0 Å². The number of hydrogen-bond donors (Lipinski definition) is 3. The molecule has 5 rings (SSSR count). The number of aromatic nitrogens is 4. The lowest BCUT2D eigenvalue weighted by Crippen LogP contribution is -2.38. The summed E-state index contributed by atoms with van der Waals surface area (Å²) in [5.74, 6) is -2.69. The summed E-state index contributed by atoms with van der Waals surface area (Å²) in [5.41, 5.74) is 2.88. The van der Waals surface area contributed by atoms with Crippen LogP contribution in [0, 0.1) is 5.92 Å². The molecule has 2 saturated carbocycles. The SMILES string of the molecule is C1CC1.CC(C)n1nccc1C(=O)NCc1nc2ccc(CNC(=O)CC3CC(F)(F)C3)cc2[nH]1.COCC(F)(F)F. The zero-order valence-electron chi connectivity index (χ0n) is 23.9. The molecule has 3 N–H and O–H groups in total. The van der Waals surface area contributed by atoms with Crippen LogP contribution in [0.3, 0.4) is 0 Å². The Morgan fingerprint density at radius 1 is 1.12 bits per heavy atom. The molecule has 0 atom stereocenters. The Kier molecular flexibility index (Phi) is 11.4. The summed E-state index contributed by atoms with van der Waals surface area (Å²) in [6, 6.07) is 7.30. The van der Waals surface area contributed by atoms with Gasteiger partial charge in [0.25, 0.3) is 5.91 Å². The van der Waals surface area contributed by atoms with Crippen LogP contribution in [0.15, 0.2) is 30.5 Å². The lowest BCUT2D eigenvalue weighted by Gasteiger charge is -2.34. The number of hydrogen-bond acceptors (Lipinski definition) is 5. The third kappa shape index (κ3) is 11.0. The standard InChI is InChI=1S/C22H26F2N6O2.C3H5F3O.C3H6/c1-13(2)30-18(5-6-27-30)21(32)26-12-19-28-16-4-3-14(7-17(16)29-19)11-25-20(31)8-15-9-22(23,24)10-15;1-7-2-3(4,5)6;1-2-3-1/h3-7,13,15H,8-12H2,1-2H3,(H,25,31)(H,26,32)(H,28,29);2H2,1H3;1-3H2. The van der Waals surface area contributed by atoms with E-state index in [9.17, 15) is 31.5 Å². The van der Waals surface area contributed by atoms with E-state index in [4.69, 9.17) is 0 Å². The van der Waals surface area contributed by atoms with E-state index in [2.05, 4.69) is 30.4 Å². The summed E-state index contributed by atoms with van der Waals surface area (Å²) in [6.45, 7) is 3.29. The molecule has 14 heteroatoms. The maximum Gasteiger partial charge on any atom is 0.411 e. The molecule has 42 heavy (non-hydrogen) atoms. The topological polar surface area (TPSA) is 114 Å². The number of halogens is 5. The minimum atomic E-state index is -4.17. The maximum atomic E-state index is 12.9. The van der Waals surface area contributed by atoms with E-state index < -0.39 is 18.7 Å². The number of H-pyrrole nitrogens is 1. The van der Waals surface area contributed by atoms with Crippen LogP contribution in [-0.2, 0) is 22.6 Å². The average Bonchev–Trinajstić information content (AvgIpc) is 3.57. The van der Waals surface area contributed by atoms with E-state index in [1.165, 1.54) is 19.3 Å². The molecule has 9 nitrogen and oxygen atoms in total. The van der Waals surface area contributed by atoms with Crippen molar-refractivity contribution in [3.63, 3.8) is 0 Å². The van der Waals surface area contributed by atoms with Gasteiger partial charge in [0, 0.05) is 45.2 Å². The Morgan fingerprint density at radius 3 is 2.36 bits per heavy atom. The average molecular weight is 601 g/mol. The van der Waals surface area contributed by atoms with Gasteiger partial charge in [-0.2, -0.15) is 18.3 Å². The fourth-order valence-electron chi connectivity index (χ4n) is 4.09. The van der Waals surface area contributed by atoms with E-state index in [0.29, 0.717) is 18.1 Å². The highest BCUT2D eigenvalue weighted by atomic mass is 19.4. The third-order valence-electron chi connectivity index (χ3n) is 6.20. The quantitative estimate of drug-likeness (QED) is 0.273. The number of amides is 2. The van der Waals surface area contributed by atoms with Crippen molar-refractivity contribution in [3.05, 3.63) is 47.5 Å². The summed E-state index contributed by atoms with van der Waals surface area (Å²) >= 11 is 0. The maximum absolute atomic E-state index is 12.9. The zero-order chi connectivity index (χ0) is 30.9. The Labute approximate surface area is 240 Å². The van der Waals surface area contributed by atoms with Gasteiger partial charge in [0.05, 0.1) is 17.6 Å². The van der Waals surface area contributed by atoms with E-state index >= 15 is 0 Å². The minimum absolute atomic E-state index is 0.0746. The number of nitrogens with one attached hydrogen (secondary N) is 3. The fraction of sp³-hybridized carbons (Fsp3) is 0.571. The minimum Gasteiger partial charge on any atom is -0.375 e. The number of nitrogens with zero attached hydrogens (tertiary/aromatic N) is 3. The molecule has 232 valence electrons. The molecule has 0 unspecified atom stereocenters. The van der Waals surface area contributed by atoms with Crippen molar-refractivity contribution >= 4 is 22.8 Å². The van der Waals surface area contributed by atoms with Crippen LogP contribution in [0.1, 0.15) is 80.3 Å². The number of rotatable bonds is 9. The normalized spacial score (nSPS) is 15.6. The van der Waals surface area contributed by atoms with E-state index in [1.54, 1.807) is 16.9 Å². The van der Waals surface area contributed by atoms with Crippen molar-refractivity contribution in [3.8, 4) is 0 Å². The van der Waals surface area contributed by atoms with Crippen LogP contribution in [0.4, 0.5) is 22.0 Å². The number of carbonyl (C=O) groups excluding carboxylic acids is 2. The predicted octanol–water partition coefficient (Wildman–Crippen LogP) is 5.69. The van der Waals surface area contributed by atoms with Crippen molar-refractivity contribution in [2.24, 2.45) is 5.92 Å². The molecule has 2 heterocycles. The van der Waals surface area contributed by atoms with Gasteiger partial charge in [-0.3, -0.25) is 14.3 Å². The Hall–Kier alpha value is -3.55. The van der Waals surface area contributed by atoms with Crippen molar-refractivity contribution in [2.45, 2.75) is 83.6 Å². The number of aromatic amines is 1. The second-order valence-electron chi connectivity index (χ2n) is 10.7. The highest BCUT2D eigenvalue weighted by Gasteiger charge is 2.45. The molecule has 0 saturated heterocycles. The van der Waals surface area contributed by atoms with Gasteiger partial charge in [-0.1, -0.05) is 25.3 Å². The number of fused-ring (bicyclic) bond motifs is 1. The van der Waals surface area contributed by atoms with Gasteiger partial charge in [-0.15, -0.1) is 0 Å². The number of alkyl halides is 5. The number of benzene rings is 1. The van der Waals surface area contributed by atoms with E-state index in [-0.39, 0.29) is 49.6 Å². The van der Waals surface area contributed by atoms with Gasteiger partial charge in [-0.25, -0.2) is 13.8 Å². The van der Waals surface area contributed by atoms with Crippen LogP contribution >= 0.6 is 0 Å². The Morgan fingerprint density at radius 2 is 1.81 bits per heavy atom. The first-order valence-corrected chi connectivity index (χ1v) is 13.8. The Balaban J connectivity index is 0.000000412. The molecule has 0 spiro atoms. The molecule has 0 radical (unpaired) electrons. The molecule has 2 aliphatic rings.